The minimum Gasteiger partial charge on any atom is -0.271 e. The molecule has 2 rings (SSSR count). The van der Waals surface area contributed by atoms with Crippen LogP contribution in [0, 0.1) is 11.2 Å². The molecule has 4 heteroatoms. The molecule has 3 N–H and O–H groups in total. The Kier molecular flexibility index (Phi) is 4.25. The molecular formula is C14H20ClFN2. The first-order valence-electron chi connectivity index (χ1n) is 6.54. The van der Waals surface area contributed by atoms with Gasteiger partial charge in [-0.25, -0.2) is 4.39 Å². The van der Waals surface area contributed by atoms with Crippen LogP contribution >= 0.6 is 11.6 Å². The van der Waals surface area contributed by atoms with E-state index in [0.717, 1.165) is 24.8 Å². The monoisotopic (exact) mass is 270 g/mol. The Morgan fingerprint density at radius 3 is 2.67 bits per heavy atom. The zero-order valence-electron chi connectivity index (χ0n) is 10.7. The number of hydrogen-bond donors (Lipinski definition) is 2. The molecule has 18 heavy (non-hydrogen) atoms. The van der Waals surface area contributed by atoms with Crippen molar-refractivity contribution < 1.29 is 4.39 Å². The Morgan fingerprint density at radius 1 is 1.44 bits per heavy atom. The number of rotatable bonds is 4. The van der Waals surface area contributed by atoms with Crippen molar-refractivity contribution in [3.05, 3.63) is 34.6 Å². The van der Waals surface area contributed by atoms with Gasteiger partial charge in [-0.1, -0.05) is 31.4 Å². The lowest BCUT2D eigenvalue weighted by atomic mass is 9.73. The molecule has 2 nitrogen and oxygen atoms in total. The molecule has 1 unspecified atom stereocenters. The van der Waals surface area contributed by atoms with Crippen molar-refractivity contribution in [1.29, 1.82) is 0 Å². The molecule has 0 bridgehead atoms. The van der Waals surface area contributed by atoms with Gasteiger partial charge in [0.05, 0.1) is 6.04 Å². The molecule has 1 aliphatic carbocycles. The van der Waals surface area contributed by atoms with Crippen molar-refractivity contribution in [2.75, 3.05) is 0 Å². The summed E-state index contributed by atoms with van der Waals surface area (Å²) < 4.78 is 13.4. The molecule has 0 aliphatic heterocycles. The number of hydrazine groups is 1. The molecule has 0 aromatic heterocycles. The predicted octanol–water partition coefficient (Wildman–Crippen LogP) is 3.95. The van der Waals surface area contributed by atoms with E-state index in [1.165, 1.54) is 25.0 Å². The molecule has 1 atom stereocenters. The van der Waals surface area contributed by atoms with Crippen LogP contribution < -0.4 is 11.3 Å². The summed E-state index contributed by atoms with van der Waals surface area (Å²) in [6.45, 7) is 2.17. The standard InChI is InChI=1S/C14H20ClFN2/c1-2-14(7-3-4-8-14)13(18-17)11-9-10(16)5-6-12(11)15/h5-6,9,13,18H,2-4,7-8,17H2,1H3. The summed E-state index contributed by atoms with van der Waals surface area (Å²) in [4.78, 5) is 0. The highest BCUT2D eigenvalue weighted by Crippen LogP contribution is 2.50. The summed E-state index contributed by atoms with van der Waals surface area (Å²) >= 11 is 6.20. The second-order valence-corrected chi connectivity index (χ2v) is 5.60. The minimum absolute atomic E-state index is 0.0757. The van der Waals surface area contributed by atoms with Crippen LogP contribution in [0.1, 0.15) is 50.6 Å². The van der Waals surface area contributed by atoms with Crippen LogP contribution in [0.5, 0.6) is 0 Å². The van der Waals surface area contributed by atoms with E-state index in [1.54, 1.807) is 6.07 Å². The van der Waals surface area contributed by atoms with Crippen molar-refractivity contribution in [3.63, 3.8) is 0 Å². The fourth-order valence-corrected chi connectivity index (χ4v) is 3.48. The highest BCUT2D eigenvalue weighted by atomic mass is 35.5. The van der Waals surface area contributed by atoms with E-state index in [2.05, 4.69) is 12.3 Å². The fourth-order valence-electron chi connectivity index (χ4n) is 3.26. The summed E-state index contributed by atoms with van der Waals surface area (Å²) in [5.74, 6) is 5.47. The topological polar surface area (TPSA) is 38.0 Å². The Balaban J connectivity index is 2.40. The molecule has 100 valence electrons. The maximum Gasteiger partial charge on any atom is 0.123 e. The van der Waals surface area contributed by atoms with E-state index >= 15 is 0 Å². The van der Waals surface area contributed by atoms with Crippen molar-refractivity contribution in [2.45, 2.75) is 45.1 Å². The molecule has 1 aliphatic rings. The highest BCUT2D eigenvalue weighted by molar-refractivity contribution is 6.31. The van der Waals surface area contributed by atoms with E-state index in [1.807, 2.05) is 0 Å². The van der Waals surface area contributed by atoms with E-state index in [4.69, 9.17) is 17.4 Å². The number of nitrogens with one attached hydrogen (secondary N) is 1. The van der Waals surface area contributed by atoms with Gasteiger partial charge in [-0.3, -0.25) is 11.3 Å². The van der Waals surface area contributed by atoms with Gasteiger partial charge in [-0.2, -0.15) is 0 Å². The third-order valence-corrected chi connectivity index (χ3v) is 4.70. The third-order valence-electron chi connectivity index (χ3n) is 4.35. The lowest BCUT2D eigenvalue weighted by Gasteiger charge is -2.37. The first-order chi connectivity index (χ1) is 8.63. The molecule has 0 amide bonds. The van der Waals surface area contributed by atoms with Crippen LogP contribution in [0.25, 0.3) is 0 Å². The van der Waals surface area contributed by atoms with Gasteiger partial charge < -0.3 is 0 Å². The second kappa shape index (κ2) is 5.55. The number of nitrogens with two attached hydrogens (primary N) is 1. The average Bonchev–Trinajstić information content (AvgIpc) is 2.84. The molecular weight excluding hydrogens is 251 g/mol. The zero-order valence-corrected chi connectivity index (χ0v) is 11.4. The van der Waals surface area contributed by atoms with Gasteiger partial charge in [-0.15, -0.1) is 0 Å². The Hall–Kier alpha value is -0.640. The quantitative estimate of drug-likeness (QED) is 0.642. The summed E-state index contributed by atoms with van der Waals surface area (Å²) in [5, 5.41) is 0.582. The number of benzene rings is 1. The SMILES string of the molecule is CCC1(C(NN)c2cc(F)ccc2Cl)CCCC1. The summed E-state index contributed by atoms with van der Waals surface area (Å²) in [6, 6.07) is 4.41. The third kappa shape index (κ3) is 2.40. The van der Waals surface area contributed by atoms with Crippen LogP contribution in [0.4, 0.5) is 4.39 Å². The van der Waals surface area contributed by atoms with Gasteiger partial charge in [0.15, 0.2) is 0 Å². The lowest BCUT2D eigenvalue weighted by Crippen LogP contribution is -2.40. The van der Waals surface area contributed by atoms with E-state index in [-0.39, 0.29) is 17.3 Å². The largest absolute Gasteiger partial charge is 0.271 e. The van der Waals surface area contributed by atoms with E-state index < -0.39 is 0 Å². The van der Waals surface area contributed by atoms with Crippen LogP contribution in [-0.2, 0) is 0 Å². The predicted molar refractivity (Wildman–Crippen MR) is 72.7 cm³/mol. The van der Waals surface area contributed by atoms with E-state index in [9.17, 15) is 4.39 Å². The van der Waals surface area contributed by atoms with Crippen molar-refractivity contribution in [1.82, 2.24) is 5.43 Å². The lowest BCUT2D eigenvalue weighted by molar-refractivity contribution is 0.188. The van der Waals surface area contributed by atoms with Gasteiger partial charge >= 0.3 is 0 Å². The van der Waals surface area contributed by atoms with Gasteiger partial charge in [0.25, 0.3) is 0 Å². The maximum atomic E-state index is 13.4. The molecule has 1 saturated carbocycles. The van der Waals surface area contributed by atoms with Gasteiger partial charge in [0, 0.05) is 5.02 Å². The zero-order chi connectivity index (χ0) is 13.2. The molecule has 0 spiro atoms. The summed E-state index contributed by atoms with van der Waals surface area (Å²) in [7, 11) is 0. The number of halogens is 2. The summed E-state index contributed by atoms with van der Waals surface area (Å²) in [6.07, 6.45) is 5.67. The smallest absolute Gasteiger partial charge is 0.123 e. The van der Waals surface area contributed by atoms with Crippen molar-refractivity contribution in [2.24, 2.45) is 11.3 Å². The first kappa shape index (κ1) is 13.8. The molecule has 1 aromatic rings. The van der Waals surface area contributed by atoms with Crippen LogP contribution in [-0.4, -0.2) is 0 Å². The summed E-state index contributed by atoms with van der Waals surface area (Å²) in [5.41, 5.74) is 3.75. The highest BCUT2D eigenvalue weighted by Gasteiger charge is 2.40. The van der Waals surface area contributed by atoms with Crippen LogP contribution in [0.2, 0.25) is 5.02 Å². The Labute approximate surface area is 113 Å². The van der Waals surface area contributed by atoms with Crippen LogP contribution in [0.15, 0.2) is 18.2 Å². The second-order valence-electron chi connectivity index (χ2n) is 5.19. The van der Waals surface area contributed by atoms with Gasteiger partial charge in [0.1, 0.15) is 5.82 Å². The average molecular weight is 271 g/mol. The van der Waals surface area contributed by atoms with Gasteiger partial charge in [-0.05, 0) is 48.4 Å². The minimum atomic E-state index is -0.265. The van der Waals surface area contributed by atoms with Crippen molar-refractivity contribution >= 4 is 11.6 Å². The Bertz CT molecular complexity index is 416. The number of hydrogen-bond acceptors (Lipinski definition) is 2. The first-order valence-corrected chi connectivity index (χ1v) is 6.92. The molecule has 0 radical (unpaired) electrons. The normalized spacial score (nSPS) is 20.0. The van der Waals surface area contributed by atoms with Crippen LogP contribution in [0.3, 0.4) is 0 Å². The molecule has 1 fully saturated rings. The molecule has 0 saturated heterocycles. The van der Waals surface area contributed by atoms with Gasteiger partial charge in [0.2, 0.25) is 0 Å². The maximum absolute atomic E-state index is 13.4. The molecule has 1 aromatic carbocycles. The fraction of sp³-hybridized carbons (Fsp3) is 0.571. The van der Waals surface area contributed by atoms with E-state index in [0.29, 0.717) is 5.02 Å². The Morgan fingerprint density at radius 2 is 2.11 bits per heavy atom. The van der Waals surface area contributed by atoms with Crippen molar-refractivity contribution in [3.8, 4) is 0 Å². The molecule has 0 heterocycles.